The summed E-state index contributed by atoms with van der Waals surface area (Å²) in [5, 5.41) is 0. The number of unbranched alkanes of at least 4 members (excludes halogenated alkanes) is 3. The molecule has 0 aliphatic heterocycles. The van der Waals surface area contributed by atoms with Crippen LogP contribution in [0.15, 0.2) is 0 Å². The summed E-state index contributed by atoms with van der Waals surface area (Å²) in [5.41, 5.74) is 0. The molecule has 17 heavy (non-hydrogen) atoms. The summed E-state index contributed by atoms with van der Waals surface area (Å²) in [6.45, 7) is 4.43. The van der Waals surface area contributed by atoms with Crippen molar-refractivity contribution in [2.45, 2.75) is 70.6 Å². The molecule has 0 aromatic heterocycles. The van der Waals surface area contributed by atoms with E-state index in [1.165, 1.54) is 32.1 Å². The molecule has 1 saturated carbocycles. The lowest BCUT2D eigenvalue weighted by molar-refractivity contribution is -0.144. The van der Waals surface area contributed by atoms with Crippen LogP contribution in [0, 0.1) is 12.8 Å². The molecule has 0 spiro atoms. The highest BCUT2D eigenvalue weighted by Crippen LogP contribution is 2.26. The molecule has 0 N–H and O–H groups in total. The Morgan fingerprint density at radius 3 is 2.59 bits per heavy atom. The summed E-state index contributed by atoms with van der Waals surface area (Å²) in [6.07, 6.45) is 12.6. The largest absolute Gasteiger partial charge is 0.466 e. The minimum absolute atomic E-state index is 0.00938. The van der Waals surface area contributed by atoms with Crippen LogP contribution in [-0.4, -0.2) is 12.6 Å². The summed E-state index contributed by atoms with van der Waals surface area (Å²) >= 11 is 0. The molecule has 0 heterocycles. The van der Waals surface area contributed by atoms with Gasteiger partial charge < -0.3 is 4.74 Å². The quantitative estimate of drug-likeness (QED) is 0.466. The molecular formula is C15H27O2. The maximum atomic E-state index is 11.4. The molecule has 0 aromatic carbocycles. The van der Waals surface area contributed by atoms with E-state index in [1.807, 2.05) is 0 Å². The first-order valence-electron chi connectivity index (χ1n) is 7.28. The highest BCUT2D eigenvalue weighted by molar-refractivity contribution is 5.69. The molecule has 2 nitrogen and oxygen atoms in total. The molecule has 0 atom stereocenters. The Hall–Kier alpha value is -0.530. The van der Waals surface area contributed by atoms with Crippen molar-refractivity contribution in [3.05, 3.63) is 6.92 Å². The lowest BCUT2D eigenvalue weighted by atomic mass is 9.87. The van der Waals surface area contributed by atoms with E-state index in [-0.39, 0.29) is 5.97 Å². The van der Waals surface area contributed by atoms with Crippen molar-refractivity contribution in [1.29, 1.82) is 0 Å². The van der Waals surface area contributed by atoms with Gasteiger partial charge in [-0.05, 0) is 18.8 Å². The molecule has 1 fully saturated rings. The fourth-order valence-corrected chi connectivity index (χ4v) is 2.51. The maximum absolute atomic E-state index is 11.4. The van der Waals surface area contributed by atoms with Crippen LogP contribution in [0.2, 0.25) is 0 Å². The number of carbonyl (C=O) groups is 1. The predicted molar refractivity (Wildman–Crippen MR) is 70.6 cm³/mol. The summed E-state index contributed by atoms with van der Waals surface area (Å²) in [6, 6.07) is 0. The van der Waals surface area contributed by atoms with E-state index in [1.54, 1.807) is 0 Å². The van der Waals surface area contributed by atoms with Crippen LogP contribution in [0.4, 0.5) is 0 Å². The van der Waals surface area contributed by atoms with Gasteiger partial charge in [0.1, 0.15) is 0 Å². The zero-order valence-electron chi connectivity index (χ0n) is 11.1. The van der Waals surface area contributed by atoms with Crippen LogP contribution in [-0.2, 0) is 9.53 Å². The summed E-state index contributed by atoms with van der Waals surface area (Å²) in [4.78, 5) is 11.4. The molecule has 0 unspecified atom stereocenters. The highest BCUT2D eigenvalue weighted by atomic mass is 16.5. The number of esters is 1. The van der Waals surface area contributed by atoms with Crippen molar-refractivity contribution in [2.75, 3.05) is 6.61 Å². The van der Waals surface area contributed by atoms with Gasteiger partial charge in [-0.25, -0.2) is 0 Å². The predicted octanol–water partition coefficient (Wildman–Crippen LogP) is 4.28. The number of hydrogen-bond donors (Lipinski definition) is 0. The fourth-order valence-electron chi connectivity index (χ4n) is 2.51. The standard InChI is InChI=1S/C15H27O2/c1-2-3-4-8-11-15(16)17-13-12-14-9-6-5-7-10-14/h14H,1-13H2. The Morgan fingerprint density at radius 1 is 1.12 bits per heavy atom. The van der Waals surface area contributed by atoms with Crippen LogP contribution in [0.1, 0.15) is 70.6 Å². The summed E-state index contributed by atoms with van der Waals surface area (Å²) in [5.74, 6) is 0.799. The van der Waals surface area contributed by atoms with Crippen LogP contribution < -0.4 is 0 Å². The Kier molecular flexibility index (Phi) is 8.12. The van der Waals surface area contributed by atoms with Crippen molar-refractivity contribution in [3.8, 4) is 0 Å². The third-order valence-corrected chi connectivity index (χ3v) is 3.64. The van der Waals surface area contributed by atoms with Gasteiger partial charge in [0.2, 0.25) is 0 Å². The normalized spacial score (nSPS) is 17.0. The molecule has 99 valence electrons. The molecule has 0 amide bonds. The fraction of sp³-hybridized carbons (Fsp3) is 0.867. The molecular weight excluding hydrogens is 212 g/mol. The molecule has 0 saturated heterocycles. The van der Waals surface area contributed by atoms with Crippen LogP contribution in [0.3, 0.4) is 0 Å². The molecule has 1 radical (unpaired) electrons. The van der Waals surface area contributed by atoms with Gasteiger partial charge in [0.15, 0.2) is 0 Å². The maximum Gasteiger partial charge on any atom is 0.305 e. The van der Waals surface area contributed by atoms with Crippen molar-refractivity contribution in [1.82, 2.24) is 0 Å². The van der Waals surface area contributed by atoms with Gasteiger partial charge in [0.05, 0.1) is 6.61 Å². The zero-order valence-corrected chi connectivity index (χ0v) is 11.1. The van der Waals surface area contributed by atoms with Crippen molar-refractivity contribution < 1.29 is 9.53 Å². The van der Waals surface area contributed by atoms with E-state index in [2.05, 4.69) is 6.92 Å². The third-order valence-electron chi connectivity index (χ3n) is 3.64. The summed E-state index contributed by atoms with van der Waals surface area (Å²) in [7, 11) is 0. The Balaban J connectivity index is 1.92. The minimum atomic E-state index is -0.00938. The second-order valence-electron chi connectivity index (χ2n) is 5.18. The molecule has 1 rings (SSSR count). The second-order valence-corrected chi connectivity index (χ2v) is 5.18. The third kappa shape index (κ3) is 7.40. The van der Waals surface area contributed by atoms with E-state index < -0.39 is 0 Å². The first kappa shape index (κ1) is 14.5. The second kappa shape index (κ2) is 9.49. The van der Waals surface area contributed by atoms with Gasteiger partial charge >= 0.3 is 5.97 Å². The number of ether oxygens (including phenoxy) is 1. The Labute approximate surface area is 106 Å². The van der Waals surface area contributed by atoms with Crippen molar-refractivity contribution in [3.63, 3.8) is 0 Å². The molecule has 2 heteroatoms. The zero-order chi connectivity index (χ0) is 12.3. The van der Waals surface area contributed by atoms with Gasteiger partial charge in [-0.2, -0.15) is 0 Å². The average Bonchev–Trinajstić information content (AvgIpc) is 2.36. The number of hydrogen-bond acceptors (Lipinski definition) is 2. The van der Waals surface area contributed by atoms with Gasteiger partial charge in [-0.3, -0.25) is 4.79 Å². The van der Waals surface area contributed by atoms with Crippen LogP contribution in [0.25, 0.3) is 0 Å². The van der Waals surface area contributed by atoms with Gasteiger partial charge in [0, 0.05) is 6.42 Å². The van der Waals surface area contributed by atoms with Crippen molar-refractivity contribution in [2.24, 2.45) is 5.92 Å². The first-order valence-corrected chi connectivity index (χ1v) is 7.28. The monoisotopic (exact) mass is 239 g/mol. The van der Waals surface area contributed by atoms with Gasteiger partial charge in [-0.15, -0.1) is 0 Å². The van der Waals surface area contributed by atoms with Crippen LogP contribution in [0.5, 0.6) is 0 Å². The van der Waals surface area contributed by atoms with E-state index in [0.29, 0.717) is 13.0 Å². The Bertz CT molecular complexity index is 195. The molecule has 1 aliphatic carbocycles. The molecule has 1 aliphatic rings. The van der Waals surface area contributed by atoms with E-state index in [0.717, 1.165) is 38.0 Å². The van der Waals surface area contributed by atoms with Crippen molar-refractivity contribution >= 4 is 5.97 Å². The van der Waals surface area contributed by atoms with Crippen LogP contribution >= 0.6 is 0 Å². The van der Waals surface area contributed by atoms with Gasteiger partial charge in [0.25, 0.3) is 0 Å². The van der Waals surface area contributed by atoms with E-state index in [4.69, 9.17) is 4.74 Å². The number of carbonyl (C=O) groups excluding carboxylic acids is 1. The lowest BCUT2D eigenvalue weighted by Crippen LogP contribution is -2.12. The molecule has 0 bridgehead atoms. The smallest absolute Gasteiger partial charge is 0.305 e. The van der Waals surface area contributed by atoms with Gasteiger partial charge in [-0.1, -0.05) is 58.3 Å². The minimum Gasteiger partial charge on any atom is -0.466 e. The summed E-state index contributed by atoms with van der Waals surface area (Å²) < 4.78 is 5.27. The first-order chi connectivity index (χ1) is 8.33. The lowest BCUT2D eigenvalue weighted by Gasteiger charge is -2.21. The topological polar surface area (TPSA) is 26.3 Å². The molecule has 0 aromatic rings. The van der Waals surface area contributed by atoms with E-state index in [9.17, 15) is 4.79 Å². The SMILES string of the molecule is [CH2]CCCCCC(=O)OCCC1CCCCC1. The number of rotatable bonds is 8. The Morgan fingerprint density at radius 2 is 1.88 bits per heavy atom. The van der Waals surface area contributed by atoms with E-state index >= 15 is 0 Å². The highest BCUT2D eigenvalue weighted by Gasteiger charge is 2.13. The average molecular weight is 239 g/mol.